The molecule has 4 heavy (non-hydrogen) atoms. The van der Waals surface area contributed by atoms with E-state index in [1.165, 1.54) is 3.93 Å². The van der Waals surface area contributed by atoms with Crippen LogP contribution in [0.2, 0.25) is 3.93 Å². The molecule has 2 N–H and O–H groups in total. The molecule has 2 heteroatoms. The van der Waals surface area contributed by atoms with E-state index < -0.39 is 0 Å². The van der Waals surface area contributed by atoms with Gasteiger partial charge in [0.05, 0.1) is 0 Å². The van der Waals surface area contributed by atoms with Crippen LogP contribution in [0.3, 0.4) is 0 Å². The van der Waals surface area contributed by atoms with E-state index in [4.69, 9.17) is 0 Å². The van der Waals surface area contributed by atoms with Crippen LogP contribution in [0.15, 0.2) is 0 Å². The SMILES string of the molecule is C[CH2][Hg].O. The van der Waals surface area contributed by atoms with Gasteiger partial charge in [-0.05, 0) is 0 Å². The van der Waals surface area contributed by atoms with Crippen LogP contribution in [0.5, 0.6) is 0 Å². The summed E-state index contributed by atoms with van der Waals surface area (Å²) >= 11 is 1.07. The zero-order chi connectivity index (χ0) is 2.71. The molecule has 0 radical (unpaired) electrons. The Labute approximate surface area is 42.7 Å². The number of hydrogen-bond acceptors (Lipinski definition) is 0. The summed E-state index contributed by atoms with van der Waals surface area (Å²) in [5, 5.41) is 0. The van der Waals surface area contributed by atoms with E-state index in [1.807, 2.05) is 0 Å². The maximum atomic E-state index is 2.21. The summed E-state index contributed by atoms with van der Waals surface area (Å²) in [5.74, 6) is 0. The molecule has 0 bridgehead atoms. The van der Waals surface area contributed by atoms with E-state index in [0.29, 0.717) is 0 Å². The number of hydrogen-bond donors (Lipinski definition) is 0. The number of rotatable bonds is 0. The zero-order valence-corrected chi connectivity index (χ0v) is 8.41. The van der Waals surface area contributed by atoms with Crippen molar-refractivity contribution in [3.05, 3.63) is 0 Å². The molecule has 0 fully saturated rings. The summed E-state index contributed by atoms with van der Waals surface area (Å²) in [6, 6.07) is 0. The fraction of sp³-hybridized carbons (Fsp3) is 1.00. The van der Waals surface area contributed by atoms with Crippen LogP contribution in [0.25, 0.3) is 0 Å². The molecule has 0 aliphatic rings. The largest absolute Gasteiger partial charge is 0.412 e. The van der Waals surface area contributed by atoms with Gasteiger partial charge in [0.25, 0.3) is 0 Å². The molecule has 1 nitrogen and oxygen atoms in total. The normalized spacial score (nSPS) is 4.75. The average molecular weight is 248 g/mol. The second-order valence-electron chi connectivity index (χ2n) is 0.500. The smallest absolute Gasteiger partial charge is 0.412 e. The van der Waals surface area contributed by atoms with Gasteiger partial charge >= 0.3 is 37.0 Å². The van der Waals surface area contributed by atoms with Crippen LogP contribution in [-0.2, 0) is 26.1 Å². The summed E-state index contributed by atoms with van der Waals surface area (Å²) in [4.78, 5) is 0. The van der Waals surface area contributed by atoms with Gasteiger partial charge in [0.15, 0.2) is 0 Å². The quantitative estimate of drug-likeness (QED) is 0.546. The molecule has 0 heterocycles. The van der Waals surface area contributed by atoms with Gasteiger partial charge in [-0.15, -0.1) is 0 Å². The van der Waals surface area contributed by atoms with Gasteiger partial charge in [-0.25, -0.2) is 0 Å². The summed E-state index contributed by atoms with van der Waals surface area (Å²) in [7, 11) is 0. The van der Waals surface area contributed by atoms with Gasteiger partial charge < -0.3 is 5.48 Å². The molecule has 0 atom stereocenters. The third kappa shape index (κ3) is 13.0. The first-order chi connectivity index (χ1) is 1.41. The predicted molar refractivity (Wildman–Crippen MR) is 14.1 cm³/mol. The fourth-order valence-corrected chi connectivity index (χ4v) is 0. The van der Waals surface area contributed by atoms with Gasteiger partial charge in [-0.3, -0.25) is 0 Å². The Balaban J connectivity index is 0. The summed E-state index contributed by atoms with van der Waals surface area (Å²) in [6.45, 7) is 2.21. The average Bonchev–Trinajstić information content (AvgIpc) is 0.918. The van der Waals surface area contributed by atoms with Crippen LogP contribution >= 0.6 is 0 Å². The summed E-state index contributed by atoms with van der Waals surface area (Å²) < 4.78 is 1.44. The van der Waals surface area contributed by atoms with Crippen molar-refractivity contribution in [2.45, 2.75) is 10.9 Å². The molecule has 23 valence electrons. The molecule has 0 spiro atoms. The van der Waals surface area contributed by atoms with Crippen molar-refractivity contribution in [2.24, 2.45) is 0 Å². The first-order valence-electron chi connectivity index (χ1n) is 1.21. The third-order valence-electron chi connectivity index (χ3n) is 0. The summed E-state index contributed by atoms with van der Waals surface area (Å²) in [6.07, 6.45) is 0. The third-order valence-corrected chi connectivity index (χ3v) is 0. The summed E-state index contributed by atoms with van der Waals surface area (Å²) in [5.41, 5.74) is 0. The molecule has 0 aromatic rings. The molecule has 0 amide bonds. The molecule has 0 saturated heterocycles. The van der Waals surface area contributed by atoms with Crippen LogP contribution in [0.1, 0.15) is 6.92 Å². The van der Waals surface area contributed by atoms with Crippen LogP contribution in [0.4, 0.5) is 0 Å². The monoisotopic (exact) mass is 249 g/mol. The van der Waals surface area contributed by atoms with Crippen molar-refractivity contribution in [2.75, 3.05) is 0 Å². The minimum absolute atomic E-state index is 0. The van der Waals surface area contributed by atoms with Crippen molar-refractivity contribution in [1.29, 1.82) is 0 Å². The molecular formula is C2H7HgO. The topological polar surface area (TPSA) is 31.5 Å². The minimum Gasteiger partial charge on any atom is -0.412 e. The Bertz CT molecular complexity index is 6.00. The Morgan fingerprint density at radius 3 is 1.75 bits per heavy atom. The Hall–Kier alpha value is 0.895. The molecule has 0 aromatic carbocycles. The van der Waals surface area contributed by atoms with Gasteiger partial charge in [0.2, 0.25) is 0 Å². The standard InChI is InChI=1S/C2H5.Hg.H2O/c1-2;;/h1H2,2H3;;1H2. The molecule has 0 aliphatic carbocycles. The molecule has 0 saturated carbocycles. The van der Waals surface area contributed by atoms with E-state index in [0.717, 1.165) is 26.1 Å². The Kier molecular flexibility index (Phi) is 20.1. The van der Waals surface area contributed by atoms with Gasteiger partial charge in [-0.2, -0.15) is 0 Å². The Morgan fingerprint density at radius 1 is 1.75 bits per heavy atom. The second-order valence-corrected chi connectivity index (χ2v) is 4.39. The van der Waals surface area contributed by atoms with Crippen molar-refractivity contribution >= 4 is 0 Å². The molecule has 0 aliphatic heterocycles. The van der Waals surface area contributed by atoms with E-state index in [9.17, 15) is 0 Å². The van der Waals surface area contributed by atoms with Crippen LogP contribution < -0.4 is 0 Å². The first kappa shape index (κ1) is 8.86. The molecule has 0 aromatic heterocycles. The maximum Gasteiger partial charge on any atom is -0.412 e. The fourth-order valence-electron chi connectivity index (χ4n) is 0. The zero-order valence-electron chi connectivity index (χ0n) is 2.91. The minimum atomic E-state index is 0. The Morgan fingerprint density at radius 2 is 1.75 bits per heavy atom. The van der Waals surface area contributed by atoms with E-state index in [-0.39, 0.29) is 5.48 Å². The van der Waals surface area contributed by atoms with Crippen LogP contribution in [0, 0.1) is 0 Å². The molecule has 0 rings (SSSR count). The van der Waals surface area contributed by atoms with E-state index in [1.54, 1.807) is 0 Å². The van der Waals surface area contributed by atoms with E-state index in [2.05, 4.69) is 6.92 Å². The van der Waals surface area contributed by atoms with Crippen molar-refractivity contribution < 1.29 is 31.6 Å². The van der Waals surface area contributed by atoms with Crippen molar-refractivity contribution in [1.82, 2.24) is 0 Å². The predicted octanol–water partition coefficient (Wildman–Crippen LogP) is 0.147. The van der Waals surface area contributed by atoms with E-state index >= 15 is 0 Å². The first-order valence-corrected chi connectivity index (χ1v) is 5.09. The van der Waals surface area contributed by atoms with Crippen LogP contribution in [-0.4, -0.2) is 5.48 Å². The van der Waals surface area contributed by atoms with Gasteiger partial charge in [0, 0.05) is 0 Å². The van der Waals surface area contributed by atoms with Gasteiger partial charge in [0.1, 0.15) is 0 Å². The van der Waals surface area contributed by atoms with Gasteiger partial charge in [-0.1, -0.05) is 0 Å². The van der Waals surface area contributed by atoms with Crippen molar-refractivity contribution in [3.8, 4) is 0 Å². The molecular weight excluding hydrogens is 241 g/mol. The second kappa shape index (κ2) is 9.09. The van der Waals surface area contributed by atoms with Crippen molar-refractivity contribution in [3.63, 3.8) is 0 Å². The molecule has 0 unspecified atom stereocenters. The maximum absolute atomic E-state index is 2.21.